The maximum absolute atomic E-state index is 12.1. The highest BCUT2D eigenvalue weighted by Crippen LogP contribution is 2.09. The zero-order valence-electron chi connectivity index (χ0n) is 10.7. The molecule has 0 spiro atoms. The van der Waals surface area contributed by atoms with Crippen LogP contribution in [0.2, 0.25) is 0 Å². The molecule has 2 aromatic heterocycles. The molecule has 1 amide bonds. The summed E-state index contributed by atoms with van der Waals surface area (Å²) in [6.45, 7) is 2.35. The van der Waals surface area contributed by atoms with Gasteiger partial charge in [0.25, 0.3) is 0 Å². The van der Waals surface area contributed by atoms with Crippen LogP contribution in [0, 0.1) is 0 Å². The van der Waals surface area contributed by atoms with Crippen molar-refractivity contribution in [1.82, 2.24) is 24.8 Å². The van der Waals surface area contributed by atoms with Crippen molar-refractivity contribution in [2.75, 3.05) is 11.9 Å². The SMILES string of the molecule is CCCn1nnn(C(=O)N(C)c2cccnc2)c1=O. The summed E-state index contributed by atoms with van der Waals surface area (Å²) < 4.78 is 1.90. The summed E-state index contributed by atoms with van der Waals surface area (Å²) in [5.41, 5.74) is 0.0343. The van der Waals surface area contributed by atoms with E-state index in [2.05, 4.69) is 15.4 Å². The van der Waals surface area contributed by atoms with Crippen LogP contribution in [0.5, 0.6) is 0 Å². The summed E-state index contributed by atoms with van der Waals surface area (Å²) in [6, 6.07) is 2.85. The summed E-state index contributed by atoms with van der Waals surface area (Å²) in [6.07, 6.45) is 3.87. The summed E-state index contributed by atoms with van der Waals surface area (Å²) in [4.78, 5) is 29.2. The van der Waals surface area contributed by atoms with E-state index in [1.165, 1.54) is 11.1 Å². The molecule has 2 aromatic rings. The van der Waals surface area contributed by atoms with Gasteiger partial charge in [0, 0.05) is 19.8 Å². The standard InChI is InChI=1S/C11H14N6O2/c1-3-7-16-11(19)17(14-13-16)10(18)15(2)9-5-4-6-12-8-9/h4-6,8H,3,7H2,1-2H3. The second-order valence-electron chi connectivity index (χ2n) is 3.95. The number of carbonyl (C=O) groups is 1. The van der Waals surface area contributed by atoms with Crippen LogP contribution >= 0.6 is 0 Å². The first-order chi connectivity index (χ1) is 9.15. The minimum absolute atomic E-state index is 0.433. The Morgan fingerprint density at radius 1 is 1.42 bits per heavy atom. The fourth-order valence-electron chi connectivity index (χ4n) is 1.55. The molecule has 0 N–H and O–H groups in total. The van der Waals surface area contributed by atoms with Gasteiger partial charge in [-0.25, -0.2) is 9.59 Å². The van der Waals surface area contributed by atoms with Crippen molar-refractivity contribution < 1.29 is 4.79 Å². The molecule has 0 aromatic carbocycles. The fraction of sp³-hybridized carbons (Fsp3) is 0.364. The molecule has 8 nitrogen and oxygen atoms in total. The molecule has 0 aliphatic heterocycles. The number of hydrogen-bond donors (Lipinski definition) is 0. The van der Waals surface area contributed by atoms with Gasteiger partial charge in [-0.2, -0.15) is 4.68 Å². The third-order valence-corrected chi connectivity index (χ3v) is 2.58. The Kier molecular flexibility index (Phi) is 3.69. The van der Waals surface area contributed by atoms with Crippen LogP contribution in [0.3, 0.4) is 0 Å². The highest BCUT2D eigenvalue weighted by atomic mass is 16.2. The molecule has 19 heavy (non-hydrogen) atoms. The third kappa shape index (κ3) is 2.51. The zero-order valence-corrected chi connectivity index (χ0v) is 10.7. The average Bonchev–Trinajstić information content (AvgIpc) is 2.80. The van der Waals surface area contributed by atoms with Gasteiger partial charge in [0.2, 0.25) is 0 Å². The summed E-state index contributed by atoms with van der Waals surface area (Å²) in [5.74, 6) is 0. The van der Waals surface area contributed by atoms with Gasteiger partial charge in [-0.1, -0.05) is 6.92 Å². The number of aromatic nitrogens is 5. The van der Waals surface area contributed by atoms with Gasteiger partial charge in [-0.15, -0.1) is 4.68 Å². The summed E-state index contributed by atoms with van der Waals surface area (Å²) >= 11 is 0. The van der Waals surface area contributed by atoms with Crippen LogP contribution in [0.4, 0.5) is 10.5 Å². The number of amides is 1. The molecular weight excluding hydrogens is 248 g/mol. The van der Waals surface area contributed by atoms with Gasteiger partial charge in [0.05, 0.1) is 11.9 Å². The number of pyridine rings is 1. The number of hydrogen-bond acceptors (Lipinski definition) is 5. The Hall–Kier alpha value is -2.51. The molecule has 0 fully saturated rings. The van der Waals surface area contributed by atoms with Crippen molar-refractivity contribution in [3.8, 4) is 0 Å². The van der Waals surface area contributed by atoms with Crippen LogP contribution in [0.1, 0.15) is 13.3 Å². The first kappa shape index (κ1) is 12.9. The van der Waals surface area contributed by atoms with Crippen LogP contribution in [0.15, 0.2) is 29.3 Å². The van der Waals surface area contributed by atoms with E-state index in [-0.39, 0.29) is 0 Å². The molecule has 0 saturated heterocycles. The van der Waals surface area contributed by atoms with Crippen LogP contribution in [-0.4, -0.2) is 37.9 Å². The molecule has 0 unspecified atom stereocenters. The molecule has 0 radical (unpaired) electrons. The van der Waals surface area contributed by atoms with Gasteiger partial charge >= 0.3 is 11.7 Å². The van der Waals surface area contributed by atoms with Crippen LogP contribution in [-0.2, 0) is 6.54 Å². The molecular formula is C11H14N6O2. The summed E-state index contributed by atoms with van der Waals surface area (Å²) in [7, 11) is 1.55. The van der Waals surface area contributed by atoms with Gasteiger partial charge in [0.1, 0.15) is 0 Å². The van der Waals surface area contributed by atoms with Crippen molar-refractivity contribution in [3.05, 3.63) is 35.0 Å². The van der Waals surface area contributed by atoms with E-state index in [0.29, 0.717) is 12.2 Å². The van der Waals surface area contributed by atoms with Crippen molar-refractivity contribution >= 4 is 11.7 Å². The van der Waals surface area contributed by atoms with Gasteiger partial charge in [-0.05, 0) is 29.0 Å². The Morgan fingerprint density at radius 2 is 2.21 bits per heavy atom. The van der Waals surface area contributed by atoms with E-state index in [1.54, 1.807) is 25.4 Å². The maximum atomic E-state index is 12.1. The van der Waals surface area contributed by atoms with E-state index in [9.17, 15) is 9.59 Å². The second kappa shape index (κ2) is 5.42. The maximum Gasteiger partial charge on any atom is 0.372 e. The molecule has 0 aliphatic carbocycles. The minimum atomic E-state index is -0.569. The predicted octanol–water partition coefficient (Wildman–Crippen LogP) is 0.349. The highest BCUT2D eigenvalue weighted by molar-refractivity contribution is 5.91. The summed E-state index contributed by atoms with van der Waals surface area (Å²) in [5, 5.41) is 7.24. The number of rotatable bonds is 3. The van der Waals surface area contributed by atoms with Crippen molar-refractivity contribution in [1.29, 1.82) is 0 Å². The minimum Gasteiger partial charge on any atom is -0.294 e. The molecule has 0 atom stereocenters. The van der Waals surface area contributed by atoms with Crippen LogP contribution in [0.25, 0.3) is 0 Å². The Balaban J connectivity index is 2.27. The number of nitrogens with zero attached hydrogens (tertiary/aromatic N) is 6. The Labute approximate surface area is 109 Å². The number of aryl methyl sites for hydroxylation is 1. The Morgan fingerprint density at radius 3 is 2.84 bits per heavy atom. The lowest BCUT2D eigenvalue weighted by Crippen LogP contribution is -2.39. The van der Waals surface area contributed by atoms with Crippen LogP contribution < -0.4 is 10.6 Å². The van der Waals surface area contributed by atoms with E-state index in [1.807, 2.05) is 6.92 Å². The number of tetrazole rings is 1. The smallest absolute Gasteiger partial charge is 0.294 e. The largest absolute Gasteiger partial charge is 0.372 e. The van der Waals surface area contributed by atoms with E-state index in [4.69, 9.17) is 0 Å². The lowest BCUT2D eigenvalue weighted by molar-refractivity contribution is 0.245. The molecule has 2 heterocycles. The third-order valence-electron chi connectivity index (χ3n) is 2.58. The van der Waals surface area contributed by atoms with Gasteiger partial charge in [-0.3, -0.25) is 9.88 Å². The lowest BCUT2D eigenvalue weighted by atomic mass is 10.4. The molecule has 0 bridgehead atoms. The first-order valence-corrected chi connectivity index (χ1v) is 5.86. The van der Waals surface area contributed by atoms with Crippen molar-refractivity contribution in [2.24, 2.45) is 0 Å². The average molecular weight is 262 g/mol. The van der Waals surface area contributed by atoms with Gasteiger partial charge < -0.3 is 0 Å². The molecule has 8 heteroatoms. The quantitative estimate of drug-likeness (QED) is 0.745. The van der Waals surface area contributed by atoms with Crippen molar-refractivity contribution in [2.45, 2.75) is 19.9 Å². The van der Waals surface area contributed by atoms with E-state index < -0.39 is 11.7 Å². The molecule has 100 valence electrons. The topological polar surface area (TPSA) is 85.9 Å². The predicted molar refractivity (Wildman–Crippen MR) is 68.0 cm³/mol. The molecule has 0 aliphatic rings. The monoisotopic (exact) mass is 262 g/mol. The zero-order chi connectivity index (χ0) is 13.8. The first-order valence-electron chi connectivity index (χ1n) is 5.86. The fourth-order valence-corrected chi connectivity index (χ4v) is 1.55. The number of anilines is 1. The molecule has 0 saturated carbocycles. The normalized spacial score (nSPS) is 10.4. The van der Waals surface area contributed by atoms with E-state index in [0.717, 1.165) is 15.8 Å². The highest BCUT2D eigenvalue weighted by Gasteiger charge is 2.19. The van der Waals surface area contributed by atoms with Gasteiger partial charge in [0.15, 0.2) is 0 Å². The Bertz CT molecular complexity index is 618. The second-order valence-corrected chi connectivity index (χ2v) is 3.95. The van der Waals surface area contributed by atoms with Crippen molar-refractivity contribution in [3.63, 3.8) is 0 Å². The molecule has 2 rings (SSSR count). The van der Waals surface area contributed by atoms with E-state index >= 15 is 0 Å². The number of carbonyl (C=O) groups excluding carboxylic acids is 1. The lowest BCUT2D eigenvalue weighted by Gasteiger charge is -2.14.